The predicted octanol–water partition coefficient (Wildman–Crippen LogP) is -0.963. The first-order chi connectivity index (χ1) is 12.6. The van der Waals surface area contributed by atoms with Gasteiger partial charge < -0.3 is 28.4 Å². The second-order valence-corrected chi connectivity index (χ2v) is 6.02. The van der Waals surface area contributed by atoms with Crippen molar-refractivity contribution in [2.45, 2.75) is 64.3 Å². The number of rotatable bonds is 5. The molecule has 0 spiro atoms. The highest BCUT2D eigenvalue weighted by Gasteiger charge is 2.60. The molecule has 0 aromatic carbocycles. The summed E-state index contributed by atoms with van der Waals surface area (Å²) in [5.41, 5.74) is 0. The molecule has 0 bridgehead atoms. The number of fused-ring (bicyclic) bond motifs is 1. The second kappa shape index (κ2) is 8.33. The maximum Gasteiger partial charge on any atom is 0.350 e. The highest BCUT2D eigenvalue weighted by atomic mass is 16.7. The zero-order chi connectivity index (χ0) is 20.3. The van der Waals surface area contributed by atoms with E-state index in [-0.39, 0.29) is 6.61 Å². The Balaban J connectivity index is 2.36. The molecule has 2 rings (SSSR count). The van der Waals surface area contributed by atoms with Gasteiger partial charge in [0.25, 0.3) is 0 Å². The molecule has 2 unspecified atom stereocenters. The van der Waals surface area contributed by atoms with Crippen molar-refractivity contribution >= 4 is 29.8 Å². The molecule has 0 aromatic rings. The minimum atomic E-state index is -1.40. The van der Waals surface area contributed by atoms with Gasteiger partial charge in [-0.3, -0.25) is 19.2 Å². The topological polar surface area (TPSA) is 141 Å². The Morgan fingerprint density at radius 3 is 1.89 bits per heavy atom. The monoisotopic (exact) mass is 388 g/mol. The van der Waals surface area contributed by atoms with Gasteiger partial charge in [-0.15, -0.1) is 0 Å². The van der Waals surface area contributed by atoms with Crippen LogP contribution >= 0.6 is 0 Å². The van der Waals surface area contributed by atoms with Crippen LogP contribution in [0.5, 0.6) is 0 Å². The summed E-state index contributed by atoms with van der Waals surface area (Å²) in [6, 6.07) is 0. The largest absolute Gasteiger partial charge is 0.463 e. The van der Waals surface area contributed by atoms with E-state index in [0.29, 0.717) is 0 Å². The van der Waals surface area contributed by atoms with Crippen LogP contribution in [0.25, 0.3) is 0 Å². The number of ether oxygens (including phenoxy) is 6. The zero-order valence-corrected chi connectivity index (χ0v) is 15.2. The number of hydrogen-bond acceptors (Lipinski definition) is 11. The molecule has 0 amide bonds. The van der Waals surface area contributed by atoms with Crippen LogP contribution in [0.2, 0.25) is 0 Å². The third-order valence-electron chi connectivity index (χ3n) is 3.80. The molecule has 0 aromatic heterocycles. The van der Waals surface area contributed by atoms with Crippen LogP contribution in [0.4, 0.5) is 0 Å². The van der Waals surface area contributed by atoms with Gasteiger partial charge in [-0.1, -0.05) is 0 Å². The van der Waals surface area contributed by atoms with Crippen molar-refractivity contribution in [3.63, 3.8) is 0 Å². The van der Waals surface area contributed by atoms with Gasteiger partial charge in [0.15, 0.2) is 18.3 Å². The Bertz CT molecular complexity index is 642. The molecule has 0 aliphatic carbocycles. The van der Waals surface area contributed by atoms with Gasteiger partial charge in [0.05, 0.1) is 0 Å². The van der Waals surface area contributed by atoms with E-state index in [1.165, 1.54) is 6.92 Å². The maximum atomic E-state index is 12.1. The lowest BCUT2D eigenvalue weighted by Crippen LogP contribution is -2.61. The summed E-state index contributed by atoms with van der Waals surface area (Å²) in [5.74, 6) is -3.71. The molecule has 27 heavy (non-hydrogen) atoms. The molecule has 2 aliphatic rings. The molecule has 11 heteroatoms. The molecular weight excluding hydrogens is 368 g/mol. The fourth-order valence-electron chi connectivity index (χ4n) is 2.94. The molecule has 150 valence electrons. The quantitative estimate of drug-likeness (QED) is 0.424. The maximum absolute atomic E-state index is 12.1. The number of esters is 5. The summed E-state index contributed by atoms with van der Waals surface area (Å²) in [6.45, 7) is 4.17. The Morgan fingerprint density at radius 1 is 0.815 bits per heavy atom. The minimum absolute atomic E-state index is 0.352. The van der Waals surface area contributed by atoms with Crippen LogP contribution in [0.1, 0.15) is 27.7 Å². The van der Waals surface area contributed by atoms with Crippen LogP contribution in [0.3, 0.4) is 0 Å². The van der Waals surface area contributed by atoms with Crippen LogP contribution in [-0.2, 0) is 52.4 Å². The first kappa shape index (κ1) is 20.6. The normalized spacial score (nSPS) is 31.9. The zero-order valence-electron chi connectivity index (χ0n) is 15.2. The average Bonchev–Trinajstić information content (AvgIpc) is 2.82. The third-order valence-corrected chi connectivity index (χ3v) is 3.80. The smallest absolute Gasteiger partial charge is 0.350 e. The van der Waals surface area contributed by atoms with Gasteiger partial charge in [-0.2, -0.15) is 0 Å². The number of hydrogen-bond donors (Lipinski definition) is 0. The van der Waals surface area contributed by atoms with Gasteiger partial charge in [0.1, 0.15) is 18.8 Å². The van der Waals surface area contributed by atoms with E-state index in [2.05, 4.69) is 0 Å². The molecule has 2 saturated heterocycles. The molecular formula is C16H20O11. The second-order valence-electron chi connectivity index (χ2n) is 6.02. The lowest BCUT2D eigenvalue weighted by Gasteiger charge is -2.41. The van der Waals surface area contributed by atoms with E-state index in [9.17, 15) is 24.0 Å². The van der Waals surface area contributed by atoms with Crippen LogP contribution in [-0.4, -0.2) is 73.1 Å². The van der Waals surface area contributed by atoms with Crippen molar-refractivity contribution in [2.24, 2.45) is 0 Å². The Kier molecular flexibility index (Phi) is 6.37. The summed E-state index contributed by atoms with van der Waals surface area (Å²) >= 11 is 0. The molecule has 0 N–H and O–H groups in total. The van der Waals surface area contributed by atoms with Crippen molar-refractivity contribution in [1.82, 2.24) is 0 Å². The minimum Gasteiger partial charge on any atom is -0.463 e. The van der Waals surface area contributed by atoms with Gasteiger partial charge in [-0.25, -0.2) is 4.79 Å². The third kappa shape index (κ3) is 4.94. The van der Waals surface area contributed by atoms with Crippen molar-refractivity contribution in [3.05, 3.63) is 0 Å². The first-order valence-electron chi connectivity index (χ1n) is 8.11. The number of carbonyl (C=O) groups is 5. The van der Waals surface area contributed by atoms with E-state index in [1.54, 1.807) is 0 Å². The molecule has 2 fully saturated rings. The van der Waals surface area contributed by atoms with E-state index in [1.807, 2.05) is 0 Å². The summed E-state index contributed by atoms with van der Waals surface area (Å²) in [4.78, 5) is 57.5. The van der Waals surface area contributed by atoms with E-state index in [0.717, 1.165) is 20.8 Å². The highest BCUT2D eigenvalue weighted by Crippen LogP contribution is 2.35. The van der Waals surface area contributed by atoms with Crippen LogP contribution in [0.15, 0.2) is 0 Å². The molecule has 0 radical (unpaired) electrons. The van der Waals surface area contributed by atoms with Crippen molar-refractivity contribution in [2.75, 3.05) is 6.61 Å². The summed E-state index contributed by atoms with van der Waals surface area (Å²) in [7, 11) is 0. The van der Waals surface area contributed by atoms with Crippen LogP contribution < -0.4 is 0 Å². The molecule has 2 aliphatic heterocycles. The summed E-state index contributed by atoms with van der Waals surface area (Å²) in [5, 5.41) is 0. The van der Waals surface area contributed by atoms with Crippen molar-refractivity contribution in [3.8, 4) is 0 Å². The Morgan fingerprint density at radius 2 is 1.37 bits per heavy atom. The standard InChI is InChI=1S/C16H20O11/c1-6(17)22-5-10-11(23-7(2)18)12(24-8(3)19)13-14(26-10)15(16(21)27-13)25-9(4)20/h10-15H,5H2,1-4H3/t10-,11+,12+,13-,14?,15?/m1/s1. The molecule has 6 atom stereocenters. The SMILES string of the molecule is CC(=O)OC[C@H]1OC2C(OC(C)=O)C(=O)O[C@@H]2[C@@H](OC(C)=O)[C@H]1OC(C)=O. The fraction of sp³-hybridized carbons (Fsp3) is 0.688. The lowest BCUT2D eigenvalue weighted by atomic mass is 9.93. The van der Waals surface area contributed by atoms with E-state index >= 15 is 0 Å². The van der Waals surface area contributed by atoms with Crippen molar-refractivity contribution in [1.29, 1.82) is 0 Å². The number of carbonyl (C=O) groups excluding carboxylic acids is 5. The van der Waals surface area contributed by atoms with E-state index in [4.69, 9.17) is 28.4 Å². The molecule has 0 saturated carbocycles. The van der Waals surface area contributed by atoms with E-state index < -0.39 is 66.5 Å². The predicted molar refractivity (Wildman–Crippen MR) is 81.8 cm³/mol. The summed E-state index contributed by atoms with van der Waals surface area (Å²) < 4.78 is 31.1. The van der Waals surface area contributed by atoms with Crippen LogP contribution in [0, 0.1) is 0 Å². The van der Waals surface area contributed by atoms with Gasteiger partial charge in [0, 0.05) is 27.7 Å². The fourth-order valence-corrected chi connectivity index (χ4v) is 2.94. The first-order valence-corrected chi connectivity index (χ1v) is 8.11. The van der Waals surface area contributed by atoms with Crippen molar-refractivity contribution < 1.29 is 52.4 Å². The Hall–Kier alpha value is -2.69. The van der Waals surface area contributed by atoms with Gasteiger partial charge in [-0.05, 0) is 0 Å². The lowest BCUT2D eigenvalue weighted by molar-refractivity contribution is -0.243. The Labute approximate surface area is 154 Å². The van der Waals surface area contributed by atoms with Gasteiger partial charge >= 0.3 is 29.8 Å². The molecule has 2 heterocycles. The highest BCUT2D eigenvalue weighted by molar-refractivity contribution is 5.81. The summed E-state index contributed by atoms with van der Waals surface area (Å²) in [6.07, 6.45) is -7.26. The molecule has 11 nitrogen and oxygen atoms in total. The average molecular weight is 388 g/mol. The van der Waals surface area contributed by atoms with Gasteiger partial charge in [0.2, 0.25) is 6.10 Å².